The first-order valence-electron chi connectivity index (χ1n) is 10.4. The van der Waals surface area contributed by atoms with Crippen molar-refractivity contribution in [3.8, 4) is 0 Å². The first-order chi connectivity index (χ1) is 14.1. The molecule has 10 heteroatoms. The summed E-state index contributed by atoms with van der Waals surface area (Å²) in [6.45, 7) is 7.83. The maximum atomic E-state index is 12.9. The Morgan fingerprint density at radius 3 is 2.10 bits per heavy atom. The number of aliphatic carboxylic acids is 1. The van der Waals surface area contributed by atoms with Gasteiger partial charge in [0.05, 0.1) is 6.04 Å². The van der Waals surface area contributed by atoms with Gasteiger partial charge in [-0.25, -0.2) is 4.79 Å². The van der Waals surface area contributed by atoms with E-state index in [0.29, 0.717) is 12.2 Å². The lowest BCUT2D eigenvalue weighted by atomic mass is 10.0. The summed E-state index contributed by atoms with van der Waals surface area (Å²) in [5.41, 5.74) is 0. The maximum absolute atomic E-state index is 12.9. The summed E-state index contributed by atoms with van der Waals surface area (Å²) in [4.78, 5) is 49.5. The van der Waals surface area contributed by atoms with Crippen molar-refractivity contribution in [2.75, 3.05) is 18.6 Å². The molecule has 0 aromatic heterocycles. The van der Waals surface area contributed by atoms with Crippen molar-refractivity contribution < 1.29 is 24.3 Å². The lowest BCUT2D eigenvalue weighted by Gasteiger charge is -2.27. The van der Waals surface area contributed by atoms with Crippen LogP contribution in [0.4, 0.5) is 0 Å². The SMILES string of the molecule is CSCCC(NC(=O)C(NC(=O)C1CCCN1)C(C)C)C(=O)NC(C(=O)O)C(C)C. The predicted molar refractivity (Wildman–Crippen MR) is 117 cm³/mol. The Hall–Kier alpha value is -1.81. The number of rotatable bonds is 12. The number of carbonyl (C=O) groups is 4. The first kappa shape index (κ1) is 26.2. The molecule has 1 aliphatic heterocycles. The van der Waals surface area contributed by atoms with Crippen molar-refractivity contribution in [1.82, 2.24) is 21.3 Å². The van der Waals surface area contributed by atoms with Gasteiger partial charge in [0.25, 0.3) is 0 Å². The van der Waals surface area contributed by atoms with E-state index in [4.69, 9.17) is 0 Å². The van der Waals surface area contributed by atoms with E-state index in [1.54, 1.807) is 13.8 Å². The standard InChI is InChI=1S/C20H36N4O5S/c1-11(2)15(23-17(25)13-7-6-9-21-13)19(27)22-14(8-10-30-5)18(26)24-16(12(3)4)20(28)29/h11-16,21H,6-10H2,1-5H3,(H,22,27)(H,23,25)(H,24,26)(H,28,29). The van der Waals surface area contributed by atoms with Crippen LogP contribution in [0.15, 0.2) is 0 Å². The van der Waals surface area contributed by atoms with Crippen molar-refractivity contribution >= 4 is 35.5 Å². The zero-order valence-corrected chi connectivity index (χ0v) is 19.3. The van der Waals surface area contributed by atoms with Crippen LogP contribution in [0.2, 0.25) is 0 Å². The van der Waals surface area contributed by atoms with Crippen LogP contribution in [0.5, 0.6) is 0 Å². The molecule has 0 aliphatic carbocycles. The Labute approximate surface area is 182 Å². The van der Waals surface area contributed by atoms with Crippen LogP contribution in [0.3, 0.4) is 0 Å². The fourth-order valence-electron chi connectivity index (χ4n) is 3.23. The zero-order valence-electron chi connectivity index (χ0n) is 18.5. The highest BCUT2D eigenvalue weighted by atomic mass is 32.2. The number of hydrogen-bond acceptors (Lipinski definition) is 6. The highest BCUT2D eigenvalue weighted by molar-refractivity contribution is 7.98. The summed E-state index contributed by atoms with van der Waals surface area (Å²) in [5.74, 6) is -2.20. The predicted octanol–water partition coefficient (Wildman–Crippen LogP) is 0.343. The zero-order chi connectivity index (χ0) is 22.8. The molecule has 172 valence electrons. The van der Waals surface area contributed by atoms with Crippen molar-refractivity contribution in [2.24, 2.45) is 11.8 Å². The van der Waals surface area contributed by atoms with Crippen molar-refractivity contribution in [3.05, 3.63) is 0 Å². The van der Waals surface area contributed by atoms with Crippen LogP contribution in [-0.4, -0.2) is 71.5 Å². The van der Waals surface area contributed by atoms with Gasteiger partial charge in [-0.3, -0.25) is 14.4 Å². The second-order valence-electron chi connectivity index (χ2n) is 8.29. The molecule has 1 fully saturated rings. The van der Waals surface area contributed by atoms with Gasteiger partial charge in [0.2, 0.25) is 17.7 Å². The highest BCUT2D eigenvalue weighted by Gasteiger charge is 2.33. The van der Waals surface area contributed by atoms with Gasteiger partial charge in [-0.2, -0.15) is 11.8 Å². The third-order valence-corrected chi connectivity index (χ3v) is 5.74. The van der Waals surface area contributed by atoms with E-state index in [1.165, 1.54) is 11.8 Å². The quantitative estimate of drug-likeness (QED) is 0.293. The third-order valence-electron chi connectivity index (χ3n) is 5.10. The first-order valence-corrected chi connectivity index (χ1v) is 11.8. The summed E-state index contributed by atoms with van der Waals surface area (Å²) in [6, 6.07) is -3.02. The van der Waals surface area contributed by atoms with Crippen LogP contribution in [-0.2, 0) is 19.2 Å². The molecule has 3 amide bonds. The fourth-order valence-corrected chi connectivity index (χ4v) is 3.70. The topological polar surface area (TPSA) is 137 Å². The average Bonchev–Trinajstić information content (AvgIpc) is 3.20. The summed E-state index contributed by atoms with van der Waals surface area (Å²) in [6.07, 6.45) is 3.87. The molecule has 0 aromatic carbocycles. The minimum atomic E-state index is -1.12. The molecule has 0 saturated carbocycles. The van der Waals surface area contributed by atoms with Crippen LogP contribution in [0.1, 0.15) is 47.0 Å². The molecular formula is C20H36N4O5S. The van der Waals surface area contributed by atoms with Crippen LogP contribution in [0.25, 0.3) is 0 Å². The average molecular weight is 445 g/mol. The molecule has 1 saturated heterocycles. The summed E-state index contributed by atoms with van der Waals surface area (Å²) >= 11 is 1.52. The molecule has 1 heterocycles. The van der Waals surface area contributed by atoms with Crippen molar-refractivity contribution in [3.63, 3.8) is 0 Å². The fraction of sp³-hybridized carbons (Fsp3) is 0.800. The number of carboxylic acids is 1. The summed E-state index contributed by atoms with van der Waals surface area (Å²) < 4.78 is 0. The number of amides is 3. The number of carbonyl (C=O) groups excluding carboxylic acids is 3. The van der Waals surface area contributed by atoms with Gasteiger partial charge in [0.1, 0.15) is 18.1 Å². The maximum Gasteiger partial charge on any atom is 0.326 e. The monoisotopic (exact) mass is 444 g/mol. The molecule has 5 N–H and O–H groups in total. The van der Waals surface area contributed by atoms with Gasteiger partial charge < -0.3 is 26.4 Å². The molecule has 0 bridgehead atoms. The Balaban J connectivity index is 2.86. The molecule has 0 aromatic rings. The van der Waals surface area contributed by atoms with E-state index in [1.807, 2.05) is 20.1 Å². The molecular weight excluding hydrogens is 408 g/mol. The molecule has 1 rings (SSSR count). The van der Waals surface area contributed by atoms with Crippen LogP contribution in [0, 0.1) is 11.8 Å². The number of carboxylic acid groups (broad SMARTS) is 1. The largest absolute Gasteiger partial charge is 0.480 e. The molecule has 9 nitrogen and oxygen atoms in total. The van der Waals surface area contributed by atoms with Gasteiger partial charge in [0, 0.05) is 0 Å². The van der Waals surface area contributed by atoms with Gasteiger partial charge in [-0.1, -0.05) is 27.7 Å². The molecule has 1 aliphatic rings. The van der Waals surface area contributed by atoms with E-state index in [-0.39, 0.29) is 23.8 Å². The summed E-state index contributed by atoms with van der Waals surface area (Å²) in [5, 5.41) is 20.5. The van der Waals surface area contributed by atoms with Gasteiger partial charge in [-0.05, 0) is 49.7 Å². The van der Waals surface area contributed by atoms with E-state index in [9.17, 15) is 24.3 Å². The second kappa shape index (κ2) is 12.8. The number of nitrogens with one attached hydrogen (secondary N) is 4. The Bertz CT molecular complexity index is 608. The molecule has 4 unspecified atom stereocenters. The normalized spacial score (nSPS) is 19.2. The number of thioether (sulfide) groups is 1. The Morgan fingerprint density at radius 2 is 1.63 bits per heavy atom. The Morgan fingerprint density at radius 1 is 1.00 bits per heavy atom. The van der Waals surface area contributed by atoms with Gasteiger partial charge >= 0.3 is 5.97 Å². The van der Waals surface area contributed by atoms with E-state index >= 15 is 0 Å². The van der Waals surface area contributed by atoms with E-state index < -0.39 is 35.9 Å². The smallest absolute Gasteiger partial charge is 0.326 e. The van der Waals surface area contributed by atoms with Crippen molar-refractivity contribution in [1.29, 1.82) is 0 Å². The molecule has 30 heavy (non-hydrogen) atoms. The summed E-state index contributed by atoms with van der Waals surface area (Å²) in [7, 11) is 0. The highest BCUT2D eigenvalue weighted by Crippen LogP contribution is 2.10. The van der Waals surface area contributed by atoms with E-state index in [0.717, 1.165) is 19.4 Å². The Kier molecular flexibility index (Phi) is 11.2. The lowest BCUT2D eigenvalue weighted by Crippen LogP contribution is -2.58. The lowest BCUT2D eigenvalue weighted by molar-refractivity contribution is -0.143. The van der Waals surface area contributed by atoms with Crippen LogP contribution < -0.4 is 21.3 Å². The second-order valence-corrected chi connectivity index (χ2v) is 9.28. The van der Waals surface area contributed by atoms with Crippen molar-refractivity contribution in [2.45, 2.75) is 71.1 Å². The van der Waals surface area contributed by atoms with Gasteiger partial charge in [-0.15, -0.1) is 0 Å². The van der Waals surface area contributed by atoms with E-state index in [2.05, 4.69) is 21.3 Å². The minimum absolute atomic E-state index is 0.179. The minimum Gasteiger partial charge on any atom is -0.480 e. The molecule has 0 spiro atoms. The third kappa shape index (κ3) is 8.14. The number of hydrogen-bond donors (Lipinski definition) is 5. The molecule has 4 atom stereocenters. The van der Waals surface area contributed by atoms with Gasteiger partial charge in [0.15, 0.2) is 0 Å². The molecule has 0 radical (unpaired) electrons. The van der Waals surface area contributed by atoms with Crippen LogP contribution >= 0.6 is 11.8 Å².